The van der Waals surface area contributed by atoms with Gasteiger partial charge in [0.15, 0.2) is 11.5 Å². The molecule has 2 aliphatic rings. The molecule has 1 unspecified atom stereocenters. The first-order valence-corrected chi connectivity index (χ1v) is 23.5. The number of pyridine rings is 2. The minimum atomic E-state index is -2.87. The zero-order chi connectivity index (χ0) is 42.1. The van der Waals surface area contributed by atoms with Gasteiger partial charge in [-0.05, 0) is 89.6 Å². The second kappa shape index (κ2) is 16.9. The van der Waals surface area contributed by atoms with Gasteiger partial charge < -0.3 is 19.2 Å². The van der Waals surface area contributed by atoms with Crippen LogP contribution in [0.25, 0.3) is 22.4 Å². The molecule has 6 aromatic rings. The Balaban J connectivity index is 1.21. The van der Waals surface area contributed by atoms with Gasteiger partial charge in [0.2, 0.25) is 6.79 Å². The van der Waals surface area contributed by atoms with E-state index in [0.717, 1.165) is 33.4 Å². The van der Waals surface area contributed by atoms with Gasteiger partial charge in [0.1, 0.15) is 16.7 Å². The Kier molecular flexibility index (Phi) is 11.6. The third-order valence-corrected chi connectivity index (χ3v) is 18.2. The molecular weight excluding hydrogens is 785 g/mol. The van der Waals surface area contributed by atoms with E-state index in [1.165, 1.54) is 10.4 Å². The van der Waals surface area contributed by atoms with E-state index in [2.05, 4.69) is 108 Å². The van der Waals surface area contributed by atoms with Crippen molar-refractivity contribution in [2.24, 2.45) is 0 Å². The summed E-state index contributed by atoms with van der Waals surface area (Å²) in [5, 5.41) is 5.29. The van der Waals surface area contributed by atoms with Crippen LogP contribution in [-0.2, 0) is 28.5 Å². The maximum absolute atomic E-state index is 14.6. The van der Waals surface area contributed by atoms with Gasteiger partial charge in [-0.25, -0.2) is 13.5 Å². The standard InChI is InChI=1S/C49H52N4O5SSi/c1-48(2,3)59(55)53-32-38-29-41(47(54)51-30-34-22-23-43-44(27-34)57-33-56-43)52-46(36-16-13-15-35(28-36)37-17-14-25-50-31-37)45(38)42(53)24-26-58-60(49(4,5)6,39-18-9-7-10-19-39)40-20-11-8-12-21-40/h7-23,25,27-29,31,42H,24,26,30,32-33H2,1-6H3,(H,51,54)/t42?,59-/m1/s1. The number of nitrogens with zero attached hydrogens (tertiary/aromatic N) is 3. The molecule has 0 saturated carbocycles. The van der Waals surface area contributed by atoms with Crippen LogP contribution in [-0.4, -0.2) is 50.9 Å². The zero-order valence-corrected chi connectivity index (χ0v) is 36.9. The third-order valence-electron chi connectivity index (χ3n) is 11.3. The Labute approximate surface area is 356 Å². The highest BCUT2D eigenvalue weighted by atomic mass is 32.2. The Morgan fingerprint density at radius 2 is 1.50 bits per heavy atom. The molecule has 60 heavy (non-hydrogen) atoms. The van der Waals surface area contributed by atoms with Crippen LogP contribution in [0.1, 0.15) is 81.2 Å². The first-order valence-electron chi connectivity index (χ1n) is 20.5. The minimum absolute atomic E-state index is 0.179. The summed E-state index contributed by atoms with van der Waals surface area (Å²) in [6, 6.07) is 40.7. The molecule has 0 aliphatic carbocycles. The van der Waals surface area contributed by atoms with E-state index in [1.54, 1.807) is 6.20 Å². The highest BCUT2D eigenvalue weighted by Gasteiger charge is 2.50. The smallest absolute Gasteiger partial charge is 0.270 e. The average molecular weight is 837 g/mol. The first-order chi connectivity index (χ1) is 28.8. The molecule has 8 rings (SSSR count). The maximum Gasteiger partial charge on any atom is 0.270 e. The van der Waals surface area contributed by atoms with Crippen LogP contribution in [0.2, 0.25) is 5.04 Å². The molecule has 0 fully saturated rings. The van der Waals surface area contributed by atoms with Crippen LogP contribution in [0.4, 0.5) is 0 Å². The number of hydrogen-bond donors (Lipinski definition) is 1. The molecule has 0 saturated heterocycles. The van der Waals surface area contributed by atoms with E-state index < -0.39 is 24.1 Å². The van der Waals surface area contributed by atoms with E-state index in [1.807, 2.05) is 75.5 Å². The van der Waals surface area contributed by atoms with Crippen molar-refractivity contribution in [2.45, 2.75) is 76.9 Å². The molecule has 4 heterocycles. The lowest BCUT2D eigenvalue weighted by molar-refractivity contribution is 0.0945. The Morgan fingerprint density at radius 3 is 2.17 bits per heavy atom. The number of benzene rings is 4. The van der Waals surface area contributed by atoms with Crippen LogP contribution in [0.3, 0.4) is 0 Å². The van der Waals surface area contributed by atoms with E-state index in [-0.39, 0.29) is 30.3 Å². The monoisotopic (exact) mass is 836 g/mol. The quantitative estimate of drug-likeness (QED) is 0.123. The van der Waals surface area contributed by atoms with Crippen LogP contribution in [0.5, 0.6) is 11.5 Å². The van der Waals surface area contributed by atoms with Crippen LogP contribution < -0.4 is 25.2 Å². The fraction of sp³-hybridized carbons (Fsp3) is 0.286. The van der Waals surface area contributed by atoms with Crippen molar-refractivity contribution in [3.05, 3.63) is 156 Å². The summed E-state index contributed by atoms with van der Waals surface area (Å²) in [6.07, 6.45) is 4.17. The highest BCUT2D eigenvalue weighted by Crippen LogP contribution is 2.45. The molecule has 2 aliphatic heterocycles. The molecule has 11 heteroatoms. The Hall–Kier alpha value is -5.46. The zero-order valence-electron chi connectivity index (χ0n) is 35.1. The van der Waals surface area contributed by atoms with Crippen molar-refractivity contribution in [3.63, 3.8) is 0 Å². The van der Waals surface area contributed by atoms with E-state index >= 15 is 0 Å². The lowest BCUT2D eigenvalue weighted by Gasteiger charge is -2.43. The molecule has 1 amide bonds. The molecule has 2 aromatic heterocycles. The molecule has 0 bridgehead atoms. The summed E-state index contributed by atoms with van der Waals surface area (Å²) in [5.74, 6) is 1.04. The number of nitrogens with one attached hydrogen (secondary N) is 1. The summed E-state index contributed by atoms with van der Waals surface area (Å²) in [5.41, 5.74) is 6.57. The summed E-state index contributed by atoms with van der Waals surface area (Å²) in [6.45, 7) is 14.1. The SMILES string of the molecule is CC(C)(C)[S@@](=O)N1Cc2cc(C(=O)NCc3ccc4c(c3)OCO4)nc(-c3cccc(-c4cccnc4)c3)c2C1CCO[Si](c1ccccc1)(c1ccccc1)C(C)(C)C. The minimum Gasteiger partial charge on any atom is -0.454 e. The van der Waals surface area contributed by atoms with Crippen molar-refractivity contribution in [1.29, 1.82) is 0 Å². The Bertz CT molecular complexity index is 2470. The van der Waals surface area contributed by atoms with E-state index in [4.69, 9.17) is 18.9 Å². The number of carbonyl (C=O) groups is 1. The predicted molar refractivity (Wildman–Crippen MR) is 241 cm³/mol. The maximum atomic E-state index is 14.6. The largest absolute Gasteiger partial charge is 0.454 e. The van der Waals surface area contributed by atoms with E-state index in [9.17, 15) is 9.00 Å². The number of amides is 1. The fourth-order valence-corrected chi connectivity index (χ4v) is 14.5. The molecule has 1 N–H and O–H groups in total. The van der Waals surface area contributed by atoms with Crippen molar-refractivity contribution in [2.75, 3.05) is 13.4 Å². The van der Waals surface area contributed by atoms with Crippen molar-refractivity contribution >= 4 is 35.6 Å². The number of fused-ring (bicyclic) bond motifs is 2. The van der Waals surface area contributed by atoms with Crippen molar-refractivity contribution < 1.29 is 22.9 Å². The molecular formula is C49H52N4O5SSi. The molecule has 0 radical (unpaired) electrons. The van der Waals surface area contributed by atoms with Gasteiger partial charge in [0.25, 0.3) is 14.2 Å². The van der Waals surface area contributed by atoms with Gasteiger partial charge in [0.05, 0.1) is 16.5 Å². The molecule has 2 atom stereocenters. The van der Waals surface area contributed by atoms with Gasteiger partial charge >= 0.3 is 0 Å². The topological polar surface area (TPSA) is 103 Å². The lowest BCUT2D eigenvalue weighted by Crippen LogP contribution is -2.66. The van der Waals surface area contributed by atoms with E-state index in [0.29, 0.717) is 42.5 Å². The number of ether oxygens (including phenoxy) is 2. The Morgan fingerprint density at radius 1 is 0.817 bits per heavy atom. The van der Waals surface area contributed by atoms with Gasteiger partial charge in [-0.15, -0.1) is 0 Å². The number of carbonyl (C=O) groups excluding carboxylic acids is 1. The van der Waals surface area contributed by atoms with Crippen molar-refractivity contribution in [1.82, 2.24) is 19.6 Å². The molecule has 0 spiro atoms. The highest BCUT2D eigenvalue weighted by molar-refractivity contribution is 7.84. The average Bonchev–Trinajstić information content (AvgIpc) is 3.88. The number of hydrogen-bond acceptors (Lipinski definition) is 7. The summed E-state index contributed by atoms with van der Waals surface area (Å²) < 4.78 is 34.7. The lowest BCUT2D eigenvalue weighted by atomic mass is 9.94. The van der Waals surface area contributed by atoms with Gasteiger partial charge in [-0.2, -0.15) is 0 Å². The molecule has 4 aromatic carbocycles. The van der Waals surface area contributed by atoms with Crippen LogP contribution in [0, 0.1) is 0 Å². The molecule has 9 nitrogen and oxygen atoms in total. The van der Waals surface area contributed by atoms with Crippen molar-refractivity contribution in [3.8, 4) is 33.9 Å². The third kappa shape index (κ3) is 8.19. The summed E-state index contributed by atoms with van der Waals surface area (Å²) >= 11 is 0. The number of rotatable bonds is 12. The fourth-order valence-electron chi connectivity index (χ4n) is 8.47. The van der Waals surface area contributed by atoms with Gasteiger partial charge in [-0.1, -0.05) is 112 Å². The van der Waals surface area contributed by atoms with Crippen LogP contribution in [0.15, 0.2) is 134 Å². The first kappa shape index (κ1) is 41.3. The van der Waals surface area contributed by atoms with Crippen LogP contribution >= 0.6 is 0 Å². The summed E-state index contributed by atoms with van der Waals surface area (Å²) in [7, 11) is -4.27. The summed E-state index contributed by atoms with van der Waals surface area (Å²) in [4.78, 5) is 23.7. The molecule has 308 valence electrons. The van der Waals surface area contributed by atoms with Gasteiger partial charge in [-0.3, -0.25) is 9.78 Å². The second-order valence-electron chi connectivity index (χ2n) is 17.4. The normalized spacial score (nSPS) is 15.7. The second-order valence-corrected chi connectivity index (χ2v) is 23.9. The number of aromatic nitrogens is 2. The predicted octanol–water partition coefficient (Wildman–Crippen LogP) is 8.75. The van der Waals surface area contributed by atoms with Gasteiger partial charge in [0, 0.05) is 48.8 Å².